The molecular formula is C18H21ClN2O4. The molecule has 2 atom stereocenters. The van der Waals surface area contributed by atoms with Gasteiger partial charge >= 0.3 is 0 Å². The van der Waals surface area contributed by atoms with Gasteiger partial charge in [-0.3, -0.25) is 4.79 Å². The van der Waals surface area contributed by atoms with Crippen LogP contribution < -0.4 is 0 Å². The van der Waals surface area contributed by atoms with Crippen molar-refractivity contribution < 1.29 is 19.7 Å². The number of nitrogens with one attached hydrogen (secondary N) is 1. The Bertz CT molecular complexity index is 797. The molecule has 3 heterocycles. The van der Waals surface area contributed by atoms with E-state index < -0.39 is 17.8 Å². The standard InChI is InChI=1S/C18H21ClN2O4/c19-12-1-2-13-11(7-12)8-14(20-13)17(24)21-5-3-18(4-6-21)9-15(22)16(23)10-25-18/h1-2,7-8,15-16,20,22-23H,3-6,9-10H2/t15-,16+/m1/s1. The fraction of sp³-hybridized carbons (Fsp3) is 0.500. The number of fused-ring (bicyclic) bond motifs is 1. The summed E-state index contributed by atoms with van der Waals surface area (Å²) in [6.45, 7) is 1.29. The van der Waals surface area contributed by atoms with Gasteiger partial charge in [0.15, 0.2) is 0 Å². The normalized spacial score (nSPS) is 26.3. The van der Waals surface area contributed by atoms with Crippen molar-refractivity contribution in [3.8, 4) is 0 Å². The third-order valence-electron chi connectivity index (χ3n) is 5.36. The first-order valence-electron chi connectivity index (χ1n) is 8.53. The first-order valence-corrected chi connectivity index (χ1v) is 8.91. The van der Waals surface area contributed by atoms with Gasteiger partial charge in [0.05, 0.1) is 18.3 Å². The Morgan fingerprint density at radius 1 is 1.24 bits per heavy atom. The van der Waals surface area contributed by atoms with Crippen molar-refractivity contribution in [2.75, 3.05) is 19.7 Å². The molecule has 6 nitrogen and oxygen atoms in total. The summed E-state index contributed by atoms with van der Waals surface area (Å²) in [6.07, 6.45) is 0.169. The molecule has 1 aromatic heterocycles. The Balaban J connectivity index is 1.45. The number of aromatic nitrogens is 1. The van der Waals surface area contributed by atoms with Crippen molar-refractivity contribution in [1.82, 2.24) is 9.88 Å². The Morgan fingerprint density at radius 3 is 2.72 bits per heavy atom. The van der Waals surface area contributed by atoms with Gasteiger partial charge in [-0.05, 0) is 37.1 Å². The molecule has 7 heteroatoms. The lowest BCUT2D eigenvalue weighted by molar-refractivity contribution is -0.185. The number of aromatic amines is 1. The number of nitrogens with zero attached hydrogens (tertiary/aromatic N) is 1. The van der Waals surface area contributed by atoms with Crippen LogP contribution in [0.5, 0.6) is 0 Å². The topological polar surface area (TPSA) is 85.8 Å². The van der Waals surface area contributed by atoms with Gasteiger partial charge in [0.2, 0.25) is 0 Å². The van der Waals surface area contributed by atoms with Gasteiger partial charge in [-0.25, -0.2) is 0 Å². The third-order valence-corrected chi connectivity index (χ3v) is 5.60. The van der Waals surface area contributed by atoms with Crippen molar-refractivity contribution in [3.05, 3.63) is 35.0 Å². The number of benzene rings is 1. The Kier molecular flexibility index (Phi) is 4.24. The van der Waals surface area contributed by atoms with Crippen LogP contribution in [-0.2, 0) is 4.74 Å². The molecule has 3 N–H and O–H groups in total. The van der Waals surface area contributed by atoms with Crippen molar-refractivity contribution in [3.63, 3.8) is 0 Å². The number of carbonyl (C=O) groups excluding carboxylic acids is 1. The highest BCUT2D eigenvalue weighted by atomic mass is 35.5. The lowest BCUT2D eigenvalue weighted by atomic mass is 9.82. The number of likely N-dealkylation sites (tertiary alicyclic amines) is 1. The van der Waals surface area contributed by atoms with Crippen LogP contribution in [0.4, 0.5) is 0 Å². The van der Waals surface area contributed by atoms with Gasteiger partial charge in [-0.15, -0.1) is 0 Å². The maximum absolute atomic E-state index is 12.8. The zero-order valence-corrected chi connectivity index (χ0v) is 14.5. The van der Waals surface area contributed by atoms with Crippen molar-refractivity contribution in [2.45, 2.75) is 37.1 Å². The summed E-state index contributed by atoms with van der Waals surface area (Å²) in [6, 6.07) is 7.31. The van der Waals surface area contributed by atoms with Gasteiger partial charge in [-0.1, -0.05) is 11.6 Å². The molecule has 25 heavy (non-hydrogen) atoms. The summed E-state index contributed by atoms with van der Waals surface area (Å²) in [4.78, 5) is 17.7. The van der Waals surface area contributed by atoms with Crippen molar-refractivity contribution in [1.29, 1.82) is 0 Å². The minimum atomic E-state index is -0.816. The van der Waals surface area contributed by atoms with Crippen LogP contribution in [0.1, 0.15) is 29.8 Å². The largest absolute Gasteiger partial charge is 0.390 e. The molecule has 0 saturated carbocycles. The average molecular weight is 365 g/mol. The maximum Gasteiger partial charge on any atom is 0.270 e. The summed E-state index contributed by atoms with van der Waals surface area (Å²) < 4.78 is 5.81. The number of H-pyrrole nitrogens is 1. The molecule has 0 unspecified atom stereocenters. The Morgan fingerprint density at radius 2 is 2.00 bits per heavy atom. The Labute approximate surface area is 150 Å². The zero-order valence-electron chi connectivity index (χ0n) is 13.7. The van der Waals surface area contributed by atoms with E-state index in [9.17, 15) is 15.0 Å². The summed E-state index contributed by atoms with van der Waals surface area (Å²) in [5.74, 6) is -0.0430. The highest BCUT2D eigenvalue weighted by molar-refractivity contribution is 6.31. The number of hydrogen-bond donors (Lipinski definition) is 3. The fourth-order valence-corrected chi connectivity index (χ4v) is 3.98. The van der Waals surface area contributed by atoms with E-state index in [-0.39, 0.29) is 12.5 Å². The van der Waals surface area contributed by atoms with Gasteiger partial charge in [-0.2, -0.15) is 0 Å². The van der Waals surface area contributed by atoms with Crippen molar-refractivity contribution >= 4 is 28.4 Å². The monoisotopic (exact) mass is 364 g/mol. The number of piperidine rings is 1. The van der Waals surface area contributed by atoms with E-state index in [1.807, 2.05) is 18.2 Å². The van der Waals surface area contributed by atoms with E-state index in [4.69, 9.17) is 16.3 Å². The molecule has 0 aliphatic carbocycles. The molecule has 1 spiro atoms. The smallest absolute Gasteiger partial charge is 0.270 e. The SMILES string of the molecule is O=C(c1cc2cc(Cl)ccc2[nH]1)N1CCC2(CC1)C[C@@H](O)[C@@H](O)CO2. The van der Waals surface area contributed by atoms with Gasteiger partial charge in [0, 0.05) is 35.4 Å². The molecule has 2 aromatic rings. The summed E-state index contributed by atoms with van der Waals surface area (Å²) in [5.41, 5.74) is 1.01. The van der Waals surface area contributed by atoms with Crippen LogP contribution in [0, 0.1) is 0 Å². The number of halogens is 1. The van der Waals surface area contributed by atoms with E-state index in [0.29, 0.717) is 43.1 Å². The average Bonchev–Trinajstić information content (AvgIpc) is 3.02. The van der Waals surface area contributed by atoms with Crippen LogP contribution >= 0.6 is 11.6 Å². The molecule has 1 aromatic carbocycles. The Hall–Kier alpha value is -1.60. The minimum absolute atomic E-state index is 0.0430. The van der Waals surface area contributed by atoms with Gasteiger partial charge < -0.3 is 24.8 Å². The van der Waals surface area contributed by atoms with E-state index in [2.05, 4.69) is 4.98 Å². The summed E-state index contributed by atoms with van der Waals surface area (Å²) in [7, 11) is 0. The molecule has 2 aliphatic rings. The lowest BCUT2D eigenvalue weighted by Crippen LogP contribution is -2.55. The van der Waals surface area contributed by atoms with E-state index in [0.717, 1.165) is 10.9 Å². The lowest BCUT2D eigenvalue weighted by Gasteiger charge is -2.46. The fourth-order valence-electron chi connectivity index (χ4n) is 3.80. The second-order valence-electron chi connectivity index (χ2n) is 7.04. The third kappa shape index (κ3) is 3.15. The first kappa shape index (κ1) is 16.8. The number of aliphatic hydroxyl groups excluding tert-OH is 2. The van der Waals surface area contributed by atoms with Crippen LogP contribution in [0.2, 0.25) is 5.02 Å². The van der Waals surface area contributed by atoms with Crippen LogP contribution in [0.3, 0.4) is 0 Å². The predicted molar refractivity (Wildman–Crippen MR) is 93.8 cm³/mol. The highest BCUT2D eigenvalue weighted by Gasteiger charge is 2.43. The number of amides is 1. The quantitative estimate of drug-likeness (QED) is 0.721. The maximum atomic E-state index is 12.8. The molecule has 1 amide bonds. The number of aliphatic hydroxyl groups is 2. The van der Waals surface area contributed by atoms with Crippen LogP contribution in [0.25, 0.3) is 10.9 Å². The number of ether oxygens (including phenoxy) is 1. The molecule has 2 saturated heterocycles. The van der Waals surface area contributed by atoms with Gasteiger partial charge in [0.1, 0.15) is 11.8 Å². The number of carbonyl (C=O) groups is 1. The molecule has 2 fully saturated rings. The molecule has 2 aliphatic heterocycles. The van der Waals surface area contributed by atoms with E-state index >= 15 is 0 Å². The molecular weight excluding hydrogens is 344 g/mol. The van der Waals surface area contributed by atoms with Crippen LogP contribution in [-0.4, -0.2) is 63.5 Å². The summed E-state index contributed by atoms with van der Waals surface area (Å²) in [5, 5.41) is 21.1. The predicted octanol–water partition coefficient (Wildman–Crippen LogP) is 1.94. The van der Waals surface area contributed by atoms with Gasteiger partial charge in [0.25, 0.3) is 5.91 Å². The van der Waals surface area contributed by atoms with E-state index in [1.54, 1.807) is 11.0 Å². The van der Waals surface area contributed by atoms with Crippen LogP contribution in [0.15, 0.2) is 24.3 Å². The zero-order chi connectivity index (χ0) is 17.6. The summed E-state index contributed by atoms with van der Waals surface area (Å²) >= 11 is 6.00. The minimum Gasteiger partial charge on any atom is -0.390 e. The number of rotatable bonds is 1. The first-order chi connectivity index (χ1) is 12.0. The number of hydrogen-bond acceptors (Lipinski definition) is 4. The molecule has 0 radical (unpaired) electrons. The molecule has 0 bridgehead atoms. The van der Waals surface area contributed by atoms with Crippen molar-refractivity contribution in [2.24, 2.45) is 0 Å². The molecule has 134 valence electrons. The molecule has 4 rings (SSSR count). The van der Waals surface area contributed by atoms with E-state index in [1.165, 1.54) is 0 Å². The highest BCUT2D eigenvalue weighted by Crippen LogP contribution is 2.35. The second kappa shape index (κ2) is 6.29. The second-order valence-corrected chi connectivity index (χ2v) is 7.48.